The zero-order chi connectivity index (χ0) is 12.3. The van der Waals surface area contributed by atoms with Crippen LogP contribution in [0, 0.1) is 0 Å². The molecule has 0 bridgehead atoms. The summed E-state index contributed by atoms with van der Waals surface area (Å²) in [5.41, 5.74) is 1.40. The molecule has 1 aliphatic heterocycles. The van der Waals surface area contributed by atoms with Crippen molar-refractivity contribution in [1.29, 1.82) is 0 Å². The first-order valence-electron chi connectivity index (χ1n) is 5.96. The van der Waals surface area contributed by atoms with E-state index in [4.69, 9.17) is 0 Å². The maximum absolute atomic E-state index is 11.3. The normalized spacial score (nSPS) is 22.8. The van der Waals surface area contributed by atoms with Gasteiger partial charge in [-0.3, -0.25) is 4.21 Å². The molecule has 17 heavy (non-hydrogen) atoms. The van der Waals surface area contributed by atoms with Gasteiger partial charge >= 0.3 is 0 Å². The van der Waals surface area contributed by atoms with Gasteiger partial charge in [-0.25, -0.2) is 0 Å². The minimum absolute atomic E-state index is 0.219. The Morgan fingerprint density at radius 3 is 3.06 bits per heavy atom. The van der Waals surface area contributed by atoms with Crippen LogP contribution in [0.3, 0.4) is 0 Å². The van der Waals surface area contributed by atoms with Gasteiger partial charge in [0, 0.05) is 39.8 Å². The maximum Gasteiger partial charge on any atom is 0.0441 e. The van der Waals surface area contributed by atoms with E-state index in [1.807, 2.05) is 18.7 Å². The van der Waals surface area contributed by atoms with Crippen molar-refractivity contribution in [3.05, 3.63) is 29.8 Å². The van der Waals surface area contributed by atoms with Gasteiger partial charge in [-0.15, -0.1) is 11.8 Å². The van der Waals surface area contributed by atoms with Crippen LogP contribution in [0.4, 0.5) is 0 Å². The predicted octanol–water partition coefficient (Wildman–Crippen LogP) is 2.58. The van der Waals surface area contributed by atoms with Crippen LogP contribution in [0.2, 0.25) is 0 Å². The molecule has 1 N–H and O–H groups in total. The summed E-state index contributed by atoms with van der Waals surface area (Å²) in [7, 11) is -0.740. The fraction of sp³-hybridized carbons (Fsp3) is 0.538. The number of hydrogen-bond donors (Lipinski definition) is 1. The highest BCUT2D eigenvalue weighted by Crippen LogP contribution is 2.35. The Balaban J connectivity index is 2.01. The van der Waals surface area contributed by atoms with Gasteiger partial charge in [0.15, 0.2) is 0 Å². The van der Waals surface area contributed by atoms with E-state index < -0.39 is 10.8 Å². The Morgan fingerprint density at radius 1 is 1.53 bits per heavy atom. The third-order valence-corrected chi connectivity index (χ3v) is 5.60. The van der Waals surface area contributed by atoms with Crippen molar-refractivity contribution in [2.45, 2.75) is 29.5 Å². The van der Waals surface area contributed by atoms with Gasteiger partial charge in [0.1, 0.15) is 0 Å². The summed E-state index contributed by atoms with van der Waals surface area (Å²) in [6.45, 7) is 2.86. The van der Waals surface area contributed by atoms with Gasteiger partial charge in [-0.05, 0) is 30.7 Å². The molecule has 0 saturated heterocycles. The van der Waals surface area contributed by atoms with Crippen LogP contribution in [0.5, 0.6) is 0 Å². The Labute approximate surface area is 110 Å². The smallest absolute Gasteiger partial charge is 0.0441 e. The molecular weight excluding hydrogens is 250 g/mol. The highest BCUT2D eigenvalue weighted by molar-refractivity contribution is 7.99. The molecule has 0 amide bonds. The van der Waals surface area contributed by atoms with Gasteiger partial charge in [-0.2, -0.15) is 0 Å². The van der Waals surface area contributed by atoms with E-state index in [2.05, 4.69) is 29.6 Å². The molecule has 94 valence electrons. The molecular formula is C13H19NOS2. The molecule has 2 nitrogen and oxygen atoms in total. The second-order valence-corrected chi connectivity index (χ2v) is 7.38. The average Bonchev–Trinajstić information content (AvgIpc) is 2.35. The highest BCUT2D eigenvalue weighted by atomic mass is 32.2. The number of thioether (sulfide) groups is 1. The molecule has 1 aromatic carbocycles. The first kappa shape index (κ1) is 13.1. The summed E-state index contributed by atoms with van der Waals surface area (Å²) in [5.74, 6) is 1.16. The third kappa shape index (κ3) is 3.33. The fourth-order valence-corrected chi connectivity index (χ4v) is 3.44. The lowest BCUT2D eigenvalue weighted by molar-refractivity contribution is 0.510. The van der Waals surface area contributed by atoms with E-state index in [1.165, 1.54) is 10.5 Å². The predicted molar refractivity (Wildman–Crippen MR) is 76.1 cm³/mol. The van der Waals surface area contributed by atoms with Crippen LogP contribution in [-0.4, -0.2) is 28.0 Å². The van der Waals surface area contributed by atoms with Gasteiger partial charge in [0.25, 0.3) is 0 Å². The van der Waals surface area contributed by atoms with Crippen LogP contribution >= 0.6 is 11.8 Å². The highest BCUT2D eigenvalue weighted by Gasteiger charge is 2.20. The molecule has 2 rings (SSSR count). The van der Waals surface area contributed by atoms with Crippen LogP contribution in [0.15, 0.2) is 29.2 Å². The molecule has 3 atom stereocenters. The number of rotatable bonds is 4. The van der Waals surface area contributed by atoms with Crippen LogP contribution in [0.1, 0.15) is 24.9 Å². The zero-order valence-electron chi connectivity index (χ0n) is 10.3. The second kappa shape index (κ2) is 6.03. The molecule has 1 heterocycles. The lowest BCUT2D eigenvalue weighted by Gasteiger charge is -2.26. The van der Waals surface area contributed by atoms with Crippen molar-refractivity contribution in [2.75, 3.05) is 18.6 Å². The van der Waals surface area contributed by atoms with Gasteiger partial charge < -0.3 is 5.32 Å². The minimum Gasteiger partial charge on any atom is -0.309 e. The van der Waals surface area contributed by atoms with E-state index >= 15 is 0 Å². The third-order valence-electron chi connectivity index (χ3n) is 3.18. The summed E-state index contributed by atoms with van der Waals surface area (Å²) in [6.07, 6.45) is 2.93. The summed E-state index contributed by atoms with van der Waals surface area (Å²) < 4.78 is 11.3. The molecule has 0 radical (unpaired) electrons. The van der Waals surface area contributed by atoms with E-state index in [-0.39, 0.29) is 5.25 Å². The monoisotopic (exact) mass is 269 g/mol. The standard InChI is InChI=1S/C13H19NOS2/c1-10(17(2)15)9-14-12-7-8-16-13-6-4-3-5-11(12)13/h3-6,10,12,14H,7-9H2,1-2H3. The van der Waals surface area contributed by atoms with Gasteiger partial charge in [-0.1, -0.05) is 18.2 Å². The topological polar surface area (TPSA) is 29.1 Å². The van der Waals surface area contributed by atoms with Crippen molar-refractivity contribution in [3.63, 3.8) is 0 Å². The Bertz CT molecular complexity index is 408. The number of hydrogen-bond acceptors (Lipinski definition) is 3. The Hall–Kier alpha value is -0.320. The van der Waals surface area contributed by atoms with Crippen molar-refractivity contribution < 1.29 is 4.21 Å². The minimum atomic E-state index is -0.740. The van der Waals surface area contributed by atoms with Crippen LogP contribution < -0.4 is 5.32 Å². The number of nitrogens with one attached hydrogen (secondary N) is 1. The summed E-state index contributed by atoms with van der Waals surface area (Å²) in [5, 5.41) is 3.77. The lowest BCUT2D eigenvalue weighted by atomic mass is 10.0. The molecule has 0 saturated carbocycles. The van der Waals surface area contributed by atoms with Crippen molar-refractivity contribution in [3.8, 4) is 0 Å². The molecule has 0 spiro atoms. The molecule has 1 aliphatic rings. The molecule has 3 unspecified atom stereocenters. The Kier molecular flexibility index (Phi) is 4.65. The molecule has 4 heteroatoms. The molecule has 0 fully saturated rings. The first-order chi connectivity index (χ1) is 8.18. The van der Waals surface area contributed by atoms with E-state index in [0.717, 1.165) is 18.7 Å². The molecule has 0 aromatic heterocycles. The van der Waals surface area contributed by atoms with Crippen LogP contribution in [0.25, 0.3) is 0 Å². The largest absolute Gasteiger partial charge is 0.309 e. The van der Waals surface area contributed by atoms with E-state index in [9.17, 15) is 4.21 Å². The molecule has 0 aliphatic carbocycles. The van der Waals surface area contributed by atoms with Crippen LogP contribution in [-0.2, 0) is 10.8 Å². The second-order valence-electron chi connectivity index (χ2n) is 4.45. The number of benzene rings is 1. The number of fused-ring (bicyclic) bond motifs is 1. The summed E-state index contributed by atoms with van der Waals surface area (Å²) in [4.78, 5) is 1.39. The van der Waals surface area contributed by atoms with E-state index in [0.29, 0.717) is 6.04 Å². The Morgan fingerprint density at radius 2 is 2.29 bits per heavy atom. The van der Waals surface area contributed by atoms with Crippen molar-refractivity contribution in [2.24, 2.45) is 0 Å². The quantitative estimate of drug-likeness (QED) is 0.911. The van der Waals surface area contributed by atoms with Crippen molar-refractivity contribution in [1.82, 2.24) is 5.32 Å². The first-order valence-corrected chi connectivity index (χ1v) is 8.56. The summed E-state index contributed by atoms with van der Waals surface area (Å²) in [6, 6.07) is 9.01. The molecule has 1 aromatic rings. The SMILES string of the molecule is CC(CNC1CCSc2ccccc21)S(C)=O. The summed E-state index contributed by atoms with van der Waals surface area (Å²) >= 11 is 1.93. The van der Waals surface area contributed by atoms with Gasteiger partial charge in [0.05, 0.1) is 0 Å². The van der Waals surface area contributed by atoms with Crippen molar-refractivity contribution >= 4 is 22.6 Å². The zero-order valence-corrected chi connectivity index (χ0v) is 11.9. The average molecular weight is 269 g/mol. The van der Waals surface area contributed by atoms with Gasteiger partial charge in [0.2, 0.25) is 0 Å². The van der Waals surface area contributed by atoms with E-state index in [1.54, 1.807) is 6.26 Å². The lowest BCUT2D eigenvalue weighted by Crippen LogP contribution is -2.32. The fourth-order valence-electron chi connectivity index (χ4n) is 1.98. The maximum atomic E-state index is 11.3.